The van der Waals surface area contributed by atoms with Crippen LogP contribution in [0.4, 0.5) is 13.2 Å². The molecule has 0 amide bonds. The quantitative estimate of drug-likeness (QED) is 0.347. The van der Waals surface area contributed by atoms with Gasteiger partial charge in [-0.1, -0.05) is 70.2 Å². The Morgan fingerprint density at radius 1 is 1.02 bits per heavy atom. The molecule has 0 bridgehead atoms. The minimum atomic E-state index is -4.21. The van der Waals surface area contributed by atoms with E-state index in [1.807, 2.05) is 71.0 Å². The molecule has 2 N–H and O–H groups in total. The van der Waals surface area contributed by atoms with Gasteiger partial charge in [0.25, 0.3) is 0 Å². The average Bonchev–Trinajstić information content (AvgIpc) is 3.05. The number of nitrogens with zero attached hydrogens (tertiary/aromatic N) is 3. The van der Waals surface area contributed by atoms with Crippen molar-refractivity contribution in [1.29, 1.82) is 0 Å². The fraction of sp³-hybridized carbons (Fsp3) is 0.500. The number of amidine groups is 1. The Morgan fingerprint density at radius 3 is 2.30 bits per heavy atom. The van der Waals surface area contributed by atoms with E-state index in [0.29, 0.717) is 17.1 Å². The highest BCUT2D eigenvalue weighted by molar-refractivity contribution is 6.01. The van der Waals surface area contributed by atoms with Crippen molar-refractivity contribution in [2.75, 3.05) is 39.8 Å². The van der Waals surface area contributed by atoms with Crippen LogP contribution in [0, 0.1) is 0 Å². The zero-order valence-corrected chi connectivity index (χ0v) is 27.3. The summed E-state index contributed by atoms with van der Waals surface area (Å²) in [5.74, 6) is 0.519. The smallest absolute Gasteiger partial charge is 0.392 e. The maximum Gasteiger partial charge on any atom is 0.392 e. The van der Waals surface area contributed by atoms with Gasteiger partial charge in [0, 0.05) is 36.7 Å². The molecule has 0 aliphatic carbocycles. The van der Waals surface area contributed by atoms with Gasteiger partial charge in [-0.15, -0.1) is 0 Å². The number of pyridine rings is 1. The van der Waals surface area contributed by atoms with E-state index in [9.17, 15) is 18.0 Å². The van der Waals surface area contributed by atoms with Gasteiger partial charge in [-0.25, -0.2) is 0 Å². The lowest BCUT2D eigenvalue weighted by Crippen LogP contribution is -2.45. The van der Waals surface area contributed by atoms with Gasteiger partial charge in [0.1, 0.15) is 11.9 Å². The molecule has 2 aromatic rings. The summed E-state index contributed by atoms with van der Waals surface area (Å²) in [6.45, 7) is 15.9. The number of carbonyl (C=O) groups is 1. The van der Waals surface area contributed by atoms with Gasteiger partial charge < -0.3 is 15.4 Å². The van der Waals surface area contributed by atoms with Crippen molar-refractivity contribution in [1.82, 2.24) is 20.5 Å². The Labute approximate surface area is 261 Å². The van der Waals surface area contributed by atoms with E-state index in [-0.39, 0.29) is 18.6 Å². The second-order valence-corrected chi connectivity index (χ2v) is 9.55. The Hall–Kier alpha value is -3.50. The maximum absolute atomic E-state index is 12.4. The molecule has 1 unspecified atom stereocenters. The fourth-order valence-electron chi connectivity index (χ4n) is 4.42. The second kappa shape index (κ2) is 21.2. The van der Waals surface area contributed by atoms with E-state index in [0.717, 1.165) is 49.3 Å². The van der Waals surface area contributed by atoms with Gasteiger partial charge in [-0.05, 0) is 62.5 Å². The number of alkyl halides is 3. The fourth-order valence-corrected chi connectivity index (χ4v) is 4.42. The van der Waals surface area contributed by atoms with Gasteiger partial charge in [0.2, 0.25) is 0 Å². The largest absolute Gasteiger partial charge is 0.468 e. The predicted octanol–water partition coefficient (Wildman–Crippen LogP) is 7.17. The molecule has 7 nitrogen and oxygen atoms in total. The van der Waals surface area contributed by atoms with E-state index in [2.05, 4.69) is 25.5 Å². The number of methoxy groups -OCH3 is 1. The maximum atomic E-state index is 12.4. The summed E-state index contributed by atoms with van der Waals surface area (Å²) in [5, 5.41) is 6.46. The zero-order valence-electron chi connectivity index (χ0n) is 27.3. The Balaban J connectivity index is 0.000000455. The highest BCUT2D eigenvalue weighted by Crippen LogP contribution is 2.24. The number of benzene rings is 1. The first-order valence-corrected chi connectivity index (χ1v) is 15.5. The first kappa shape index (κ1) is 38.5. The van der Waals surface area contributed by atoms with Gasteiger partial charge >= 0.3 is 12.1 Å². The Morgan fingerprint density at radius 2 is 1.70 bits per heavy atom. The number of aliphatic imine (C=N–C) groups is 1. The molecule has 0 saturated carbocycles. The molecule has 2 aliphatic rings. The van der Waals surface area contributed by atoms with Crippen LogP contribution in [0.5, 0.6) is 0 Å². The van der Waals surface area contributed by atoms with Crippen LogP contribution in [0.3, 0.4) is 0 Å². The molecule has 1 saturated heterocycles. The molecule has 4 rings (SSSR count). The van der Waals surface area contributed by atoms with Crippen molar-refractivity contribution in [3.8, 4) is 11.1 Å². The average molecular weight is 618 g/mol. The van der Waals surface area contributed by atoms with E-state index >= 15 is 0 Å². The number of aromatic nitrogens is 1. The Bertz CT molecular complexity index is 1170. The summed E-state index contributed by atoms with van der Waals surface area (Å²) in [6.07, 6.45) is 3.64. The molecular weight excluding hydrogens is 567 g/mol. The number of halogens is 3. The molecule has 3 heterocycles. The van der Waals surface area contributed by atoms with Crippen molar-refractivity contribution >= 4 is 11.8 Å². The number of ether oxygens (including phenoxy) is 1. The van der Waals surface area contributed by atoms with Crippen LogP contribution >= 0.6 is 0 Å². The molecule has 1 aromatic heterocycles. The minimum absolute atomic E-state index is 0.111. The van der Waals surface area contributed by atoms with Gasteiger partial charge in [-0.2, -0.15) is 13.2 Å². The molecule has 0 spiro atoms. The van der Waals surface area contributed by atoms with E-state index in [1.165, 1.54) is 19.6 Å². The number of hydrogen-bond donors (Lipinski definition) is 2. The van der Waals surface area contributed by atoms with Crippen molar-refractivity contribution in [3.63, 3.8) is 0 Å². The molecule has 44 heavy (non-hydrogen) atoms. The summed E-state index contributed by atoms with van der Waals surface area (Å²) in [4.78, 5) is 22.0. The second-order valence-electron chi connectivity index (χ2n) is 9.55. The van der Waals surface area contributed by atoms with Gasteiger partial charge in [-0.3, -0.25) is 19.7 Å². The normalized spacial score (nSPS) is 17.9. The monoisotopic (exact) mass is 617 g/mol. The summed E-state index contributed by atoms with van der Waals surface area (Å²) in [6, 6.07) is 11.6. The van der Waals surface area contributed by atoms with Gasteiger partial charge in [0.15, 0.2) is 0 Å². The first-order chi connectivity index (χ1) is 21.2. The van der Waals surface area contributed by atoms with E-state index < -0.39 is 12.6 Å². The number of allylic oxidation sites excluding steroid dienone is 2. The molecule has 10 heteroatoms. The molecule has 1 atom stereocenters. The lowest BCUT2D eigenvalue weighted by molar-refractivity contribution is -0.146. The summed E-state index contributed by atoms with van der Waals surface area (Å²) in [7, 11) is 1.45. The minimum Gasteiger partial charge on any atom is -0.468 e. The van der Waals surface area contributed by atoms with Crippen LogP contribution in [0.2, 0.25) is 0 Å². The molecule has 1 fully saturated rings. The molecule has 2 aliphatic heterocycles. The number of hydrogen-bond acceptors (Lipinski definition) is 7. The Kier molecular flexibility index (Phi) is 18.6. The molecule has 0 radical (unpaired) electrons. The lowest BCUT2D eigenvalue weighted by Gasteiger charge is -2.28. The third kappa shape index (κ3) is 13.4. The highest BCUT2D eigenvalue weighted by Gasteiger charge is 2.26. The molecule has 244 valence electrons. The predicted molar refractivity (Wildman–Crippen MR) is 175 cm³/mol. The zero-order chi connectivity index (χ0) is 33.0. The topological polar surface area (TPSA) is 78.9 Å². The van der Waals surface area contributed by atoms with Crippen LogP contribution in [-0.2, 0) is 9.53 Å². The van der Waals surface area contributed by atoms with Crippen LogP contribution in [0.25, 0.3) is 11.1 Å². The number of rotatable bonds is 5. The molecular formula is C34H50F3N5O2. The lowest BCUT2D eigenvalue weighted by atomic mass is 10.0. The summed E-state index contributed by atoms with van der Waals surface area (Å²) >= 11 is 0. The number of nitrogens with one attached hydrogen (secondary N) is 2. The van der Waals surface area contributed by atoms with Crippen molar-refractivity contribution in [2.24, 2.45) is 4.99 Å². The van der Waals surface area contributed by atoms with Crippen LogP contribution in [0.15, 0.2) is 77.2 Å². The standard InChI is InChI=1S/C20H18F3N3.C10H20N2O2.2C2H6/c1-2-18-17(9-10-20(21,22)23)13-25-19(26-18)15-7-5-14(6-8-15)16-4-3-11-24-12-16;1-9(10(13)14-2)12-7-4-3-5-11-6-8-12;2*1-2/h2-9,11-12H,10,13H2,1H3,(H,25,26);9,11H,3-8H2,1-2H3;2*1-2H3/b17-9-,18-2+;;;. The van der Waals surface area contributed by atoms with Crippen molar-refractivity contribution < 1.29 is 22.7 Å². The van der Waals surface area contributed by atoms with E-state index in [1.54, 1.807) is 25.4 Å². The van der Waals surface area contributed by atoms with Crippen LogP contribution in [0.1, 0.15) is 66.4 Å². The van der Waals surface area contributed by atoms with Crippen molar-refractivity contribution in [3.05, 3.63) is 77.8 Å². The van der Waals surface area contributed by atoms with E-state index in [4.69, 9.17) is 4.74 Å². The SMILES string of the molecule is C/C=C1/NC(c2ccc(-c3cccnc3)cc2)=NC/C1=C/CC(F)(F)F.CC.CC.COC(=O)C(C)N1CCCCNCC1. The van der Waals surface area contributed by atoms with Crippen molar-refractivity contribution in [2.45, 2.75) is 73.0 Å². The van der Waals surface area contributed by atoms with Crippen LogP contribution in [-0.4, -0.2) is 73.7 Å². The number of carbonyl (C=O) groups excluding carboxylic acids is 1. The summed E-state index contributed by atoms with van der Waals surface area (Å²) in [5.41, 5.74) is 4.15. The molecule has 1 aromatic carbocycles. The third-order valence-corrected chi connectivity index (χ3v) is 6.74. The van der Waals surface area contributed by atoms with Crippen LogP contribution < -0.4 is 10.6 Å². The first-order valence-electron chi connectivity index (χ1n) is 15.5. The summed E-state index contributed by atoms with van der Waals surface area (Å²) < 4.78 is 42.0. The number of esters is 1. The highest BCUT2D eigenvalue weighted by atomic mass is 19.4. The third-order valence-electron chi connectivity index (χ3n) is 6.74. The van der Waals surface area contributed by atoms with Gasteiger partial charge in [0.05, 0.1) is 20.1 Å².